The van der Waals surface area contributed by atoms with Gasteiger partial charge in [0.25, 0.3) is 0 Å². The monoisotopic (exact) mass is 318 g/mol. The fraction of sp³-hybridized carbons (Fsp3) is 0.0625. The summed E-state index contributed by atoms with van der Waals surface area (Å²) in [5.74, 6) is 0.957. The maximum atomic E-state index is 6.12. The number of halogens is 2. The molecule has 0 radical (unpaired) electrons. The molecule has 3 aromatic rings. The number of fused-ring (bicyclic) bond motifs is 1. The highest BCUT2D eigenvalue weighted by Crippen LogP contribution is 2.33. The van der Waals surface area contributed by atoms with E-state index in [1.54, 1.807) is 18.2 Å². The molecule has 2 N–H and O–H groups in total. The van der Waals surface area contributed by atoms with Crippen molar-refractivity contribution in [2.45, 2.75) is 6.54 Å². The smallest absolute Gasteiger partial charge is 0.224 e. The SMILES string of the molecule is NCc1cc2ccccc2nc1Oc1ccc(Cl)cc1Cl. The van der Waals surface area contributed by atoms with Gasteiger partial charge in [-0.3, -0.25) is 0 Å². The molecule has 0 atom stereocenters. The van der Waals surface area contributed by atoms with Crippen molar-refractivity contribution in [2.75, 3.05) is 0 Å². The summed E-state index contributed by atoms with van der Waals surface area (Å²) < 4.78 is 5.81. The molecule has 0 bridgehead atoms. The quantitative estimate of drug-likeness (QED) is 0.755. The average molecular weight is 319 g/mol. The Morgan fingerprint density at radius 3 is 2.62 bits per heavy atom. The largest absolute Gasteiger partial charge is 0.437 e. The van der Waals surface area contributed by atoms with E-state index in [2.05, 4.69) is 4.98 Å². The molecule has 0 aliphatic rings. The standard InChI is InChI=1S/C16H12Cl2N2O/c17-12-5-6-15(13(18)8-12)21-16-11(9-19)7-10-3-1-2-4-14(10)20-16/h1-8H,9,19H2. The van der Waals surface area contributed by atoms with Gasteiger partial charge >= 0.3 is 0 Å². The molecule has 0 amide bonds. The molecule has 0 spiro atoms. The lowest BCUT2D eigenvalue weighted by atomic mass is 10.1. The Morgan fingerprint density at radius 1 is 1.05 bits per heavy atom. The summed E-state index contributed by atoms with van der Waals surface area (Å²) in [6.07, 6.45) is 0. The van der Waals surface area contributed by atoms with E-state index in [0.29, 0.717) is 28.2 Å². The minimum atomic E-state index is 0.332. The zero-order valence-electron chi connectivity index (χ0n) is 11.0. The third-order valence-electron chi connectivity index (χ3n) is 3.08. The van der Waals surface area contributed by atoms with Crippen LogP contribution in [0.2, 0.25) is 10.0 Å². The van der Waals surface area contributed by atoms with Crippen molar-refractivity contribution in [3.63, 3.8) is 0 Å². The van der Waals surface area contributed by atoms with Crippen molar-refractivity contribution in [3.8, 4) is 11.6 Å². The van der Waals surface area contributed by atoms with Gasteiger partial charge < -0.3 is 10.5 Å². The number of ether oxygens (including phenoxy) is 1. The van der Waals surface area contributed by atoms with Gasteiger partial charge in [0.1, 0.15) is 5.75 Å². The molecule has 106 valence electrons. The Kier molecular flexibility index (Phi) is 3.97. The average Bonchev–Trinajstić information content (AvgIpc) is 2.49. The number of hydrogen-bond acceptors (Lipinski definition) is 3. The van der Waals surface area contributed by atoms with Crippen molar-refractivity contribution < 1.29 is 4.74 Å². The van der Waals surface area contributed by atoms with Gasteiger partial charge in [-0.1, -0.05) is 41.4 Å². The van der Waals surface area contributed by atoms with Gasteiger partial charge in [0.05, 0.1) is 10.5 Å². The summed E-state index contributed by atoms with van der Waals surface area (Å²) in [5.41, 5.74) is 7.44. The third-order valence-corrected chi connectivity index (χ3v) is 3.61. The van der Waals surface area contributed by atoms with Crippen LogP contribution < -0.4 is 10.5 Å². The Hall–Kier alpha value is -1.81. The second kappa shape index (κ2) is 5.90. The van der Waals surface area contributed by atoms with Crippen LogP contribution in [-0.2, 0) is 6.54 Å². The molecule has 1 aromatic heterocycles. The van der Waals surface area contributed by atoms with E-state index in [-0.39, 0.29) is 0 Å². The lowest BCUT2D eigenvalue weighted by Crippen LogP contribution is -2.02. The first-order valence-electron chi connectivity index (χ1n) is 6.39. The predicted molar refractivity (Wildman–Crippen MR) is 86.2 cm³/mol. The molecular formula is C16H12Cl2N2O. The van der Waals surface area contributed by atoms with E-state index >= 15 is 0 Å². The molecular weight excluding hydrogens is 307 g/mol. The van der Waals surface area contributed by atoms with E-state index in [0.717, 1.165) is 16.5 Å². The predicted octanol–water partition coefficient (Wildman–Crippen LogP) is 4.79. The number of hydrogen-bond donors (Lipinski definition) is 1. The Morgan fingerprint density at radius 2 is 1.86 bits per heavy atom. The lowest BCUT2D eigenvalue weighted by Gasteiger charge is -2.11. The minimum Gasteiger partial charge on any atom is -0.437 e. The molecule has 0 aliphatic carbocycles. The molecule has 3 nitrogen and oxygen atoms in total. The van der Waals surface area contributed by atoms with Crippen molar-refractivity contribution >= 4 is 34.1 Å². The van der Waals surface area contributed by atoms with Crippen LogP contribution >= 0.6 is 23.2 Å². The minimum absolute atomic E-state index is 0.332. The molecule has 3 rings (SSSR count). The summed E-state index contributed by atoms with van der Waals surface area (Å²) >= 11 is 12.0. The highest BCUT2D eigenvalue weighted by Gasteiger charge is 2.10. The first-order chi connectivity index (χ1) is 10.2. The van der Waals surface area contributed by atoms with E-state index < -0.39 is 0 Å². The van der Waals surface area contributed by atoms with Gasteiger partial charge in [-0.2, -0.15) is 0 Å². The summed E-state index contributed by atoms with van der Waals surface area (Å²) in [6, 6.07) is 14.8. The molecule has 0 aliphatic heterocycles. The Labute approximate surface area is 132 Å². The maximum Gasteiger partial charge on any atom is 0.224 e. The maximum absolute atomic E-state index is 6.12. The van der Waals surface area contributed by atoms with Gasteiger partial charge in [0.2, 0.25) is 5.88 Å². The van der Waals surface area contributed by atoms with E-state index in [1.807, 2.05) is 30.3 Å². The molecule has 1 heterocycles. The van der Waals surface area contributed by atoms with Crippen LogP contribution in [0.4, 0.5) is 0 Å². The summed E-state index contributed by atoms with van der Waals surface area (Å²) in [5, 5.41) is 2.01. The number of nitrogens with two attached hydrogens (primary N) is 1. The molecule has 2 aromatic carbocycles. The first-order valence-corrected chi connectivity index (χ1v) is 7.14. The third kappa shape index (κ3) is 2.95. The second-order valence-corrected chi connectivity index (χ2v) is 5.37. The van der Waals surface area contributed by atoms with Crippen LogP contribution in [0.25, 0.3) is 10.9 Å². The van der Waals surface area contributed by atoms with Gasteiger partial charge in [0, 0.05) is 22.5 Å². The molecule has 5 heteroatoms. The second-order valence-electron chi connectivity index (χ2n) is 4.53. The van der Waals surface area contributed by atoms with Crippen LogP contribution in [0.5, 0.6) is 11.6 Å². The first kappa shape index (κ1) is 14.1. The van der Waals surface area contributed by atoms with Crippen LogP contribution in [0.1, 0.15) is 5.56 Å². The van der Waals surface area contributed by atoms with Crippen LogP contribution in [0.3, 0.4) is 0 Å². The van der Waals surface area contributed by atoms with Crippen LogP contribution in [-0.4, -0.2) is 4.98 Å². The van der Waals surface area contributed by atoms with Crippen molar-refractivity contribution in [1.82, 2.24) is 4.98 Å². The van der Waals surface area contributed by atoms with Gasteiger partial charge in [-0.15, -0.1) is 0 Å². The van der Waals surface area contributed by atoms with Gasteiger partial charge in [-0.25, -0.2) is 4.98 Å². The molecule has 0 unspecified atom stereocenters. The fourth-order valence-electron chi connectivity index (χ4n) is 2.04. The van der Waals surface area contributed by atoms with Crippen molar-refractivity contribution in [2.24, 2.45) is 5.73 Å². The fourth-order valence-corrected chi connectivity index (χ4v) is 2.49. The van der Waals surface area contributed by atoms with Crippen molar-refractivity contribution in [1.29, 1.82) is 0 Å². The number of aromatic nitrogens is 1. The van der Waals surface area contributed by atoms with Gasteiger partial charge in [-0.05, 0) is 30.3 Å². The molecule has 0 fully saturated rings. The molecule has 21 heavy (non-hydrogen) atoms. The Bertz CT molecular complexity index is 805. The molecule has 0 saturated carbocycles. The highest BCUT2D eigenvalue weighted by molar-refractivity contribution is 6.35. The van der Waals surface area contributed by atoms with Gasteiger partial charge in [0.15, 0.2) is 0 Å². The Balaban J connectivity index is 2.06. The number of nitrogens with zero attached hydrogens (tertiary/aromatic N) is 1. The lowest BCUT2D eigenvalue weighted by molar-refractivity contribution is 0.459. The summed E-state index contributed by atoms with van der Waals surface area (Å²) in [6.45, 7) is 0.332. The normalized spacial score (nSPS) is 10.8. The van der Waals surface area contributed by atoms with Crippen molar-refractivity contribution in [3.05, 3.63) is 64.1 Å². The zero-order chi connectivity index (χ0) is 14.8. The number of rotatable bonds is 3. The van der Waals surface area contributed by atoms with Crippen LogP contribution in [0.15, 0.2) is 48.5 Å². The number of pyridine rings is 1. The van der Waals surface area contributed by atoms with Crippen LogP contribution in [0, 0.1) is 0 Å². The zero-order valence-corrected chi connectivity index (χ0v) is 12.5. The number of para-hydroxylation sites is 1. The summed E-state index contributed by atoms with van der Waals surface area (Å²) in [4.78, 5) is 4.51. The van der Waals surface area contributed by atoms with E-state index in [1.165, 1.54) is 0 Å². The van der Waals surface area contributed by atoms with E-state index in [4.69, 9.17) is 33.7 Å². The highest BCUT2D eigenvalue weighted by atomic mass is 35.5. The summed E-state index contributed by atoms with van der Waals surface area (Å²) in [7, 11) is 0. The molecule has 0 saturated heterocycles. The number of benzene rings is 2. The topological polar surface area (TPSA) is 48.1 Å². The van der Waals surface area contributed by atoms with E-state index in [9.17, 15) is 0 Å².